The molecule has 0 radical (unpaired) electrons. The number of hydrogen-bond acceptors (Lipinski definition) is 5. The van der Waals surface area contributed by atoms with Crippen LogP contribution in [0.25, 0.3) is 22.4 Å². The molecule has 0 atom stereocenters. The number of carbonyl (C=O) groups is 1. The number of anilines is 1. The molecule has 0 spiro atoms. The molecular weight excluding hydrogens is 378 g/mol. The zero-order chi connectivity index (χ0) is 21.4. The molecule has 0 aliphatic carbocycles. The molecule has 0 saturated heterocycles. The molecule has 0 aliphatic heterocycles. The normalized spacial score (nSPS) is 11.6. The van der Waals surface area contributed by atoms with Crippen LogP contribution in [0.1, 0.15) is 61.5 Å². The molecule has 2 N–H and O–H groups in total. The number of rotatable bonds is 5. The summed E-state index contributed by atoms with van der Waals surface area (Å²) in [5.41, 5.74) is 3.35. The number of aromatic amines is 1. The number of aromatic nitrogens is 6. The van der Waals surface area contributed by atoms with Crippen molar-refractivity contribution in [1.82, 2.24) is 29.9 Å². The lowest BCUT2D eigenvalue weighted by molar-refractivity contribution is 0.102. The first-order chi connectivity index (χ1) is 14.3. The first-order valence-corrected chi connectivity index (χ1v) is 10.0. The van der Waals surface area contributed by atoms with Crippen LogP contribution < -0.4 is 5.32 Å². The van der Waals surface area contributed by atoms with Crippen molar-refractivity contribution in [2.75, 3.05) is 5.32 Å². The van der Waals surface area contributed by atoms with Gasteiger partial charge in [-0.25, -0.2) is 14.6 Å². The van der Waals surface area contributed by atoms with Crippen molar-refractivity contribution in [2.45, 2.75) is 46.6 Å². The standard InChI is InChI=1S/C22H25N7O/c1-12(2)19-26-20(28-27-19)16-8-6-7-9-18(16)25-22(30)17-10-15-11-23-29(13(3)4)21(15)24-14(17)5/h6-13H,1-5H3,(H,25,30)(H,26,27,28). The highest BCUT2D eigenvalue weighted by Gasteiger charge is 2.18. The molecule has 4 rings (SSSR count). The van der Waals surface area contributed by atoms with Gasteiger partial charge >= 0.3 is 0 Å². The zero-order valence-electron chi connectivity index (χ0n) is 17.8. The molecule has 4 aromatic rings. The number of nitrogens with one attached hydrogen (secondary N) is 2. The van der Waals surface area contributed by atoms with Gasteiger partial charge in [0, 0.05) is 22.9 Å². The van der Waals surface area contributed by atoms with Crippen LogP contribution >= 0.6 is 0 Å². The lowest BCUT2D eigenvalue weighted by Gasteiger charge is -2.11. The van der Waals surface area contributed by atoms with E-state index in [0.29, 0.717) is 22.8 Å². The third kappa shape index (κ3) is 3.56. The quantitative estimate of drug-likeness (QED) is 0.511. The van der Waals surface area contributed by atoms with Gasteiger partial charge in [-0.05, 0) is 39.0 Å². The maximum absolute atomic E-state index is 13.1. The summed E-state index contributed by atoms with van der Waals surface area (Å²) >= 11 is 0. The monoisotopic (exact) mass is 403 g/mol. The number of para-hydroxylation sites is 1. The Morgan fingerprint density at radius 2 is 1.90 bits per heavy atom. The predicted molar refractivity (Wildman–Crippen MR) is 117 cm³/mol. The lowest BCUT2D eigenvalue weighted by atomic mass is 10.1. The number of benzene rings is 1. The third-order valence-corrected chi connectivity index (χ3v) is 4.96. The molecule has 0 saturated carbocycles. The molecule has 154 valence electrons. The van der Waals surface area contributed by atoms with Gasteiger partial charge in [0.2, 0.25) is 0 Å². The van der Waals surface area contributed by atoms with Gasteiger partial charge in [-0.2, -0.15) is 10.2 Å². The van der Waals surface area contributed by atoms with Gasteiger partial charge in [-0.15, -0.1) is 0 Å². The Labute approximate surface area is 174 Å². The van der Waals surface area contributed by atoms with Crippen molar-refractivity contribution >= 4 is 22.6 Å². The maximum atomic E-state index is 13.1. The second-order valence-electron chi connectivity index (χ2n) is 7.92. The van der Waals surface area contributed by atoms with Crippen molar-refractivity contribution in [2.24, 2.45) is 0 Å². The summed E-state index contributed by atoms with van der Waals surface area (Å²) in [5.74, 6) is 1.36. The van der Waals surface area contributed by atoms with Crippen molar-refractivity contribution in [3.63, 3.8) is 0 Å². The molecule has 8 heteroatoms. The summed E-state index contributed by atoms with van der Waals surface area (Å²) in [6.07, 6.45) is 1.74. The van der Waals surface area contributed by atoms with Gasteiger partial charge in [0.05, 0.1) is 23.1 Å². The van der Waals surface area contributed by atoms with Crippen LogP contribution in [0.5, 0.6) is 0 Å². The fourth-order valence-electron chi connectivity index (χ4n) is 3.30. The average molecular weight is 403 g/mol. The minimum Gasteiger partial charge on any atom is -0.321 e. The number of nitrogens with zero attached hydrogens (tertiary/aromatic N) is 5. The molecule has 1 amide bonds. The molecule has 0 bridgehead atoms. The number of fused-ring (bicyclic) bond motifs is 1. The van der Waals surface area contributed by atoms with Gasteiger partial charge in [-0.1, -0.05) is 26.0 Å². The van der Waals surface area contributed by atoms with Crippen LogP contribution in [0.3, 0.4) is 0 Å². The number of pyridine rings is 1. The number of hydrogen-bond donors (Lipinski definition) is 2. The summed E-state index contributed by atoms with van der Waals surface area (Å²) in [5, 5.41) is 15.5. The minimum absolute atomic E-state index is 0.193. The lowest BCUT2D eigenvalue weighted by Crippen LogP contribution is -2.15. The van der Waals surface area contributed by atoms with E-state index < -0.39 is 0 Å². The van der Waals surface area contributed by atoms with E-state index in [-0.39, 0.29) is 17.9 Å². The summed E-state index contributed by atoms with van der Waals surface area (Å²) in [4.78, 5) is 22.3. The second kappa shape index (κ2) is 7.70. The molecule has 8 nitrogen and oxygen atoms in total. The molecule has 0 unspecified atom stereocenters. The molecular formula is C22H25N7O. The van der Waals surface area contributed by atoms with Crippen LogP contribution in [0.4, 0.5) is 5.69 Å². The highest BCUT2D eigenvalue weighted by Crippen LogP contribution is 2.27. The molecule has 30 heavy (non-hydrogen) atoms. The van der Waals surface area contributed by atoms with Gasteiger partial charge in [0.15, 0.2) is 11.5 Å². The topological polar surface area (TPSA) is 101 Å². The number of H-pyrrole nitrogens is 1. The smallest absolute Gasteiger partial charge is 0.257 e. The van der Waals surface area contributed by atoms with Gasteiger partial charge in [0.25, 0.3) is 5.91 Å². The molecule has 0 fully saturated rings. The van der Waals surface area contributed by atoms with Gasteiger partial charge < -0.3 is 5.32 Å². The van der Waals surface area contributed by atoms with Crippen LogP contribution in [-0.4, -0.2) is 35.9 Å². The van der Waals surface area contributed by atoms with Crippen molar-refractivity contribution in [3.05, 3.63) is 53.6 Å². The fraction of sp³-hybridized carbons (Fsp3) is 0.318. The summed E-state index contributed by atoms with van der Waals surface area (Å²) in [6.45, 7) is 10.0. The van der Waals surface area contributed by atoms with Gasteiger partial charge in [0.1, 0.15) is 5.82 Å². The van der Waals surface area contributed by atoms with Crippen LogP contribution in [0.2, 0.25) is 0 Å². The van der Waals surface area contributed by atoms with Gasteiger partial charge in [-0.3, -0.25) is 9.89 Å². The molecule has 1 aromatic carbocycles. The van der Waals surface area contributed by atoms with E-state index in [1.54, 1.807) is 6.20 Å². The highest BCUT2D eigenvalue weighted by atomic mass is 16.1. The highest BCUT2D eigenvalue weighted by molar-refractivity contribution is 6.08. The largest absolute Gasteiger partial charge is 0.321 e. The minimum atomic E-state index is -0.230. The van der Waals surface area contributed by atoms with Crippen molar-refractivity contribution < 1.29 is 4.79 Å². The maximum Gasteiger partial charge on any atom is 0.257 e. The molecule has 0 aliphatic rings. The Balaban J connectivity index is 1.67. The predicted octanol–water partition coefficient (Wildman–Crippen LogP) is 4.48. The van der Waals surface area contributed by atoms with E-state index >= 15 is 0 Å². The number of aryl methyl sites for hydroxylation is 1. The Bertz CT molecular complexity index is 1220. The fourth-order valence-corrected chi connectivity index (χ4v) is 3.30. The summed E-state index contributed by atoms with van der Waals surface area (Å²) in [6, 6.07) is 9.54. The van der Waals surface area contributed by atoms with E-state index in [0.717, 1.165) is 22.4 Å². The second-order valence-corrected chi connectivity index (χ2v) is 7.92. The zero-order valence-corrected chi connectivity index (χ0v) is 17.8. The Morgan fingerprint density at radius 1 is 1.13 bits per heavy atom. The summed E-state index contributed by atoms with van der Waals surface area (Å²) in [7, 11) is 0. The first-order valence-electron chi connectivity index (χ1n) is 10.0. The Kier molecular flexibility index (Phi) is 5.07. The molecule has 3 heterocycles. The number of carbonyl (C=O) groups excluding carboxylic acids is 1. The van der Waals surface area contributed by atoms with E-state index in [4.69, 9.17) is 0 Å². The third-order valence-electron chi connectivity index (χ3n) is 4.96. The molecule has 3 aromatic heterocycles. The first kappa shape index (κ1) is 19.8. The SMILES string of the molecule is Cc1nc2c(cnn2C(C)C)cc1C(=O)Nc1ccccc1-c1n[nH]c(C(C)C)n1. The van der Waals surface area contributed by atoms with E-state index in [1.165, 1.54) is 0 Å². The Hall–Kier alpha value is -3.55. The van der Waals surface area contributed by atoms with Crippen molar-refractivity contribution in [1.29, 1.82) is 0 Å². The number of amides is 1. The van der Waals surface area contributed by atoms with E-state index in [9.17, 15) is 4.79 Å². The van der Waals surface area contributed by atoms with Crippen LogP contribution in [0.15, 0.2) is 36.5 Å². The van der Waals surface area contributed by atoms with Crippen LogP contribution in [0, 0.1) is 6.92 Å². The van der Waals surface area contributed by atoms with E-state index in [1.807, 2.05) is 55.8 Å². The van der Waals surface area contributed by atoms with Crippen molar-refractivity contribution in [3.8, 4) is 11.4 Å². The van der Waals surface area contributed by atoms with E-state index in [2.05, 4.69) is 44.4 Å². The van der Waals surface area contributed by atoms with Crippen LogP contribution in [-0.2, 0) is 0 Å². The summed E-state index contributed by atoms with van der Waals surface area (Å²) < 4.78 is 1.86. The average Bonchev–Trinajstić information content (AvgIpc) is 3.34. The Morgan fingerprint density at radius 3 is 2.60 bits per heavy atom.